The molecule has 1 fully saturated rings. The van der Waals surface area contributed by atoms with Gasteiger partial charge in [-0.3, -0.25) is 9.59 Å². The van der Waals surface area contributed by atoms with Gasteiger partial charge in [-0.15, -0.1) is 0 Å². The molecule has 0 N–H and O–H groups in total. The van der Waals surface area contributed by atoms with Crippen LogP contribution in [0.5, 0.6) is 5.75 Å². The molecule has 1 heterocycles. The Kier molecular flexibility index (Phi) is 6.77. The average Bonchev–Trinajstić information content (AvgIpc) is 2.72. The van der Waals surface area contributed by atoms with E-state index in [1.807, 2.05) is 0 Å². The van der Waals surface area contributed by atoms with Crippen LogP contribution in [-0.4, -0.2) is 30.5 Å². The molecule has 1 aliphatic rings. The first-order valence-corrected chi connectivity index (χ1v) is 10.6. The second-order valence-corrected chi connectivity index (χ2v) is 7.73. The molecule has 0 saturated heterocycles. The van der Waals surface area contributed by atoms with Gasteiger partial charge in [0.2, 0.25) is 23.0 Å². The van der Waals surface area contributed by atoms with Crippen molar-refractivity contribution in [2.75, 3.05) is 11.5 Å². The van der Waals surface area contributed by atoms with Gasteiger partial charge in [0.05, 0.1) is 18.4 Å². The van der Waals surface area contributed by atoms with Crippen LogP contribution >= 0.6 is 0 Å². The van der Waals surface area contributed by atoms with Gasteiger partial charge in [0.25, 0.3) is 0 Å². The number of hydrogen-bond acceptors (Lipinski definition) is 6. The summed E-state index contributed by atoms with van der Waals surface area (Å²) >= 11 is 0. The zero-order valence-corrected chi connectivity index (χ0v) is 18.4. The van der Waals surface area contributed by atoms with Crippen LogP contribution in [-0.2, 0) is 14.3 Å². The first kappa shape index (κ1) is 22.5. The van der Waals surface area contributed by atoms with E-state index in [4.69, 9.17) is 9.47 Å². The van der Waals surface area contributed by atoms with Crippen molar-refractivity contribution in [1.82, 2.24) is 0 Å². The molecule has 2 amide bonds. The Balaban J connectivity index is 2.38. The van der Waals surface area contributed by atoms with Crippen molar-refractivity contribution in [3.8, 4) is 5.75 Å². The Morgan fingerprint density at radius 3 is 2.35 bits per heavy atom. The fourth-order valence-corrected chi connectivity index (χ4v) is 4.17. The van der Waals surface area contributed by atoms with Crippen LogP contribution in [0.4, 0.5) is 5.69 Å². The van der Waals surface area contributed by atoms with E-state index in [1.54, 1.807) is 25.1 Å². The number of rotatable bonds is 5. The monoisotopic (exact) mass is 428 g/mol. The van der Waals surface area contributed by atoms with Crippen molar-refractivity contribution in [1.29, 1.82) is 0 Å². The Labute approximate surface area is 181 Å². The molecule has 166 valence electrons. The van der Waals surface area contributed by atoms with Crippen LogP contribution in [0, 0.1) is 12.1 Å². The number of nitrogens with zero attached hydrogens (tertiary/aromatic N) is 2. The second kappa shape index (κ2) is 9.32. The van der Waals surface area contributed by atoms with Gasteiger partial charge in [-0.1, -0.05) is 12.5 Å². The lowest BCUT2D eigenvalue weighted by Crippen LogP contribution is -2.40. The quantitative estimate of drug-likeness (QED) is 0.410. The second-order valence-electron chi connectivity index (χ2n) is 7.73. The Hall–Kier alpha value is -3.16. The summed E-state index contributed by atoms with van der Waals surface area (Å²) in [5.74, 6) is -1.56. The standard InChI is InChI=1S/C23H28N2O6/c1-5-30-23(28)20-14(2)25(29)18-12-9-13-19(31-17-10-7-6-8-11-17)21(18)22(20)24(15(3)26)16(4)27/h9,12-13,17H,5-8,10-11H2,1-4H3. The van der Waals surface area contributed by atoms with Crippen LogP contribution < -0.4 is 14.4 Å². The maximum Gasteiger partial charge on any atom is 0.346 e. The zero-order valence-electron chi connectivity index (χ0n) is 18.4. The minimum absolute atomic E-state index is 0.0319. The van der Waals surface area contributed by atoms with E-state index < -0.39 is 17.8 Å². The summed E-state index contributed by atoms with van der Waals surface area (Å²) in [5, 5.41) is 13.3. The van der Waals surface area contributed by atoms with Crippen molar-refractivity contribution in [2.45, 2.75) is 65.9 Å². The van der Waals surface area contributed by atoms with Crippen molar-refractivity contribution in [3.05, 3.63) is 34.7 Å². The van der Waals surface area contributed by atoms with Gasteiger partial charge in [-0.2, -0.15) is 4.73 Å². The number of anilines is 1. The van der Waals surface area contributed by atoms with Crippen LogP contribution in [0.3, 0.4) is 0 Å². The number of imide groups is 1. The molecule has 0 bridgehead atoms. The number of carbonyl (C=O) groups excluding carboxylic acids is 3. The van der Waals surface area contributed by atoms with E-state index in [0.717, 1.165) is 37.0 Å². The molecule has 0 radical (unpaired) electrons. The third kappa shape index (κ3) is 4.33. The fraction of sp³-hybridized carbons (Fsp3) is 0.478. The third-order valence-electron chi connectivity index (χ3n) is 5.54. The molecule has 0 unspecified atom stereocenters. The van der Waals surface area contributed by atoms with Crippen LogP contribution in [0.15, 0.2) is 18.2 Å². The van der Waals surface area contributed by atoms with Crippen LogP contribution in [0.2, 0.25) is 0 Å². The topological polar surface area (TPSA) is 99.8 Å². The summed E-state index contributed by atoms with van der Waals surface area (Å²) in [6.07, 6.45) is 4.96. The van der Waals surface area contributed by atoms with Crippen molar-refractivity contribution >= 4 is 34.4 Å². The Bertz CT molecular complexity index is 1010. The third-order valence-corrected chi connectivity index (χ3v) is 5.54. The van der Waals surface area contributed by atoms with Gasteiger partial charge in [0.1, 0.15) is 11.1 Å². The number of amides is 2. The highest BCUT2D eigenvalue weighted by molar-refractivity contribution is 6.22. The number of pyridine rings is 1. The van der Waals surface area contributed by atoms with Gasteiger partial charge in [0, 0.05) is 26.8 Å². The van der Waals surface area contributed by atoms with Crippen molar-refractivity contribution < 1.29 is 28.6 Å². The first-order valence-electron chi connectivity index (χ1n) is 10.6. The molecule has 3 rings (SSSR count). The van der Waals surface area contributed by atoms with Crippen LogP contribution in [0.25, 0.3) is 10.9 Å². The normalized spacial score (nSPS) is 14.3. The number of benzene rings is 1. The lowest BCUT2D eigenvalue weighted by Gasteiger charge is -2.26. The smallest absolute Gasteiger partial charge is 0.346 e. The highest BCUT2D eigenvalue weighted by atomic mass is 16.5. The number of fused-ring (bicyclic) bond motifs is 1. The molecule has 1 aromatic heterocycles. The number of esters is 1. The Morgan fingerprint density at radius 2 is 1.77 bits per heavy atom. The van der Waals surface area contributed by atoms with Crippen LogP contribution in [0.1, 0.15) is 68.9 Å². The minimum Gasteiger partial charge on any atom is -0.618 e. The SMILES string of the molecule is CCOC(=O)c1c(N(C(C)=O)C(C)=O)c2c(OC3CCCCC3)cccc2[n+]([O-])c1C. The van der Waals surface area contributed by atoms with Gasteiger partial charge < -0.3 is 14.7 Å². The number of hydrogen-bond donors (Lipinski definition) is 0. The van der Waals surface area contributed by atoms with E-state index in [1.165, 1.54) is 20.8 Å². The average molecular weight is 428 g/mol. The van der Waals surface area contributed by atoms with Gasteiger partial charge >= 0.3 is 5.97 Å². The molecular weight excluding hydrogens is 400 g/mol. The molecule has 0 aliphatic heterocycles. The number of aromatic nitrogens is 1. The summed E-state index contributed by atoms with van der Waals surface area (Å²) in [5.41, 5.74) is 0.170. The van der Waals surface area contributed by atoms with Gasteiger partial charge in [0.15, 0.2) is 5.56 Å². The lowest BCUT2D eigenvalue weighted by atomic mass is 9.97. The highest BCUT2D eigenvalue weighted by Gasteiger charge is 2.35. The predicted octanol–water partition coefficient (Wildman–Crippen LogP) is 3.57. The number of ether oxygens (including phenoxy) is 2. The van der Waals surface area contributed by atoms with Gasteiger partial charge in [-0.25, -0.2) is 9.69 Å². The van der Waals surface area contributed by atoms with E-state index in [9.17, 15) is 19.6 Å². The minimum atomic E-state index is -0.776. The molecule has 0 atom stereocenters. The van der Waals surface area contributed by atoms with E-state index >= 15 is 0 Å². The summed E-state index contributed by atoms with van der Waals surface area (Å²) in [6.45, 7) is 5.66. The summed E-state index contributed by atoms with van der Waals surface area (Å²) in [4.78, 5) is 38.8. The molecule has 1 saturated carbocycles. The zero-order chi connectivity index (χ0) is 22.7. The molecular formula is C23H28N2O6. The summed E-state index contributed by atoms with van der Waals surface area (Å²) in [7, 11) is 0. The summed E-state index contributed by atoms with van der Waals surface area (Å²) < 4.78 is 12.0. The molecule has 31 heavy (non-hydrogen) atoms. The summed E-state index contributed by atoms with van der Waals surface area (Å²) in [6, 6.07) is 4.97. The fourth-order valence-electron chi connectivity index (χ4n) is 4.17. The van der Waals surface area contributed by atoms with Gasteiger partial charge in [-0.05, 0) is 38.7 Å². The van der Waals surface area contributed by atoms with E-state index in [2.05, 4.69) is 0 Å². The molecule has 1 aromatic carbocycles. The number of carbonyl (C=O) groups is 3. The molecule has 8 nitrogen and oxygen atoms in total. The molecule has 2 aromatic rings. The molecule has 8 heteroatoms. The van der Waals surface area contributed by atoms with Crippen molar-refractivity contribution in [3.63, 3.8) is 0 Å². The van der Waals surface area contributed by atoms with E-state index in [0.29, 0.717) is 10.5 Å². The maximum absolute atomic E-state index is 13.1. The molecule has 0 spiro atoms. The van der Waals surface area contributed by atoms with Crippen molar-refractivity contribution in [2.24, 2.45) is 0 Å². The highest BCUT2D eigenvalue weighted by Crippen LogP contribution is 2.39. The lowest BCUT2D eigenvalue weighted by molar-refractivity contribution is -0.584. The Morgan fingerprint density at radius 1 is 1.13 bits per heavy atom. The molecule has 1 aliphatic carbocycles. The maximum atomic E-state index is 13.1. The first-order chi connectivity index (χ1) is 14.8. The van der Waals surface area contributed by atoms with E-state index in [-0.39, 0.29) is 40.6 Å². The largest absolute Gasteiger partial charge is 0.618 e. The predicted molar refractivity (Wildman–Crippen MR) is 115 cm³/mol.